The van der Waals surface area contributed by atoms with Gasteiger partial charge in [0.15, 0.2) is 0 Å². The standard InChI is InChI=1S/C6H4F9.Na/c1-2-3(7,8)4(9,10)5(11,12)6(13,14)15;/h1-2H2;/q-1;+1. The average Bonchev–Trinajstić information content (AvgIpc) is 2.01. The minimum atomic E-state index is -6.80. The van der Waals surface area contributed by atoms with E-state index in [0.29, 0.717) is 0 Å². The minimum absolute atomic E-state index is 0. The topological polar surface area (TPSA) is 0 Å². The van der Waals surface area contributed by atoms with Gasteiger partial charge in [-0.2, -0.15) is 30.7 Å². The summed E-state index contributed by atoms with van der Waals surface area (Å²) in [5.41, 5.74) is 0. The summed E-state index contributed by atoms with van der Waals surface area (Å²) in [5.74, 6) is -18.9. The molecule has 0 atom stereocenters. The Morgan fingerprint density at radius 2 is 1.00 bits per heavy atom. The van der Waals surface area contributed by atoms with Crippen molar-refractivity contribution in [2.24, 2.45) is 0 Å². The van der Waals surface area contributed by atoms with Crippen molar-refractivity contribution in [3.8, 4) is 0 Å². The first-order chi connectivity index (χ1) is 6.31. The monoisotopic (exact) mass is 270 g/mol. The largest absolute Gasteiger partial charge is 1.00 e. The van der Waals surface area contributed by atoms with Gasteiger partial charge in [0.2, 0.25) is 0 Å². The fraction of sp³-hybridized carbons (Fsp3) is 0.833. The third kappa shape index (κ3) is 2.79. The molecule has 92 valence electrons. The van der Waals surface area contributed by atoms with Gasteiger partial charge in [-0.3, -0.25) is 0 Å². The number of hydrogen-bond acceptors (Lipinski definition) is 0. The second-order valence-electron chi connectivity index (χ2n) is 2.60. The Bertz CT molecular complexity index is 231. The van der Waals surface area contributed by atoms with Crippen molar-refractivity contribution in [1.29, 1.82) is 0 Å². The van der Waals surface area contributed by atoms with Gasteiger partial charge in [-0.25, -0.2) is 8.78 Å². The molecule has 0 aromatic heterocycles. The second-order valence-corrected chi connectivity index (χ2v) is 2.60. The van der Waals surface area contributed by atoms with Crippen LogP contribution in [0.15, 0.2) is 0 Å². The predicted octanol–water partition coefficient (Wildman–Crippen LogP) is 0.683. The summed E-state index contributed by atoms with van der Waals surface area (Å²) >= 11 is 0. The zero-order valence-corrected chi connectivity index (χ0v) is 9.82. The van der Waals surface area contributed by atoms with Crippen LogP contribution in [0.4, 0.5) is 39.5 Å². The quantitative estimate of drug-likeness (QED) is 0.402. The van der Waals surface area contributed by atoms with Gasteiger partial charge in [0.25, 0.3) is 5.92 Å². The maximum Gasteiger partial charge on any atom is 1.00 e. The summed E-state index contributed by atoms with van der Waals surface area (Å²) in [6.07, 6.45) is -8.83. The maximum absolute atomic E-state index is 12.2. The summed E-state index contributed by atoms with van der Waals surface area (Å²) in [4.78, 5) is 0. The van der Waals surface area contributed by atoms with E-state index in [1.807, 2.05) is 0 Å². The summed E-state index contributed by atoms with van der Waals surface area (Å²) in [6, 6.07) is 0. The van der Waals surface area contributed by atoms with Gasteiger partial charge in [0.05, 0.1) is 0 Å². The van der Waals surface area contributed by atoms with Gasteiger partial charge in [-0.15, -0.1) is 6.42 Å². The fourth-order valence-electron chi connectivity index (χ4n) is 0.565. The maximum atomic E-state index is 12.2. The molecule has 0 spiro atoms. The van der Waals surface area contributed by atoms with Crippen LogP contribution in [0.3, 0.4) is 0 Å². The zero-order valence-electron chi connectivity index (χ0n) is 7.82. The number of rotatable bonds is 3. The Kier molecular flexibility index (Phi) is 5.77. The van der Waals surface area contributed by atoms with Crippen LogP contribution in [-0.4, -0.2) is 23.9 Å². The van der Waals surface area contributed by atoms with Crippen LogP contribution in [0, 0.1) is 6.92 Å². The third-order valence-electron chi connectivity index (χ3n) is 1.52. The van der Waals surface area contributed by atoms with Crippen molar-refractivity contribution < 1.29 is 69.1 Å². The molecule has 0 bridgehead atoms. The molecule has 0 aliphatic carbocycles. The summed E-state index contributed by atoms with van der Waals surface area (Å²) in [7, 11) is 0. The SMILES string of the molecule is [CH2-]CC(F)(F)C(F)(F)C(F)(F)C(F)(F)F.[Na+]. The zero-order chi connectivity index (χ0) is 12.7. The van der Waals surface area contributed by atoms with Crippen LogP contribution in [0.2, 0.25) is 0 Å². The summed E-state index contributed by atoms with van der Waals surface area (Å²) in [6.45, 7) is 2.19. The number of alkyl halides is 9. The van der Waals surface area contributed by atoms with Crippen molar-refractivity contribution in [2.75, 3.05) is 0 Å². The first-order valence-corrected chi connectivity index (χ1v) is 3.30. The average molecular weight is 270 g/mol. The molecule has 0 rings (SSSR count). The van der Waals surface area contributed by atoms with E-state index < -0.39 is 30.4 Å². The minimum Gasteiger partial charge on any atom is -0.337 e. The van der Waals surface area contributed by atoms with E-state index in [2.05, 4.69) is 6.92 Å². The van der Waals surface area contributed by atoms with Crippen LogP contribution < -0.4 is 29.6 Å². The molecule has 0 saturated carbocycles. The van der Waals surface area contributed by atoms with Gasteiger partial charge >= 0.3 is 47.6 Å². The van der Waals surface area contributed by atoms with Crippen molar-refractivity contribution in [3.63, 3.8) is 0 Å². The molecule has 0 amide bonds. The number of hydrogen-bond donors (Lipinski definition) is 0. The molecule has 0 radical (unpaired) electrons. The Morgan fingerprint density at radius 1 is 0.688 bits per heavy atom. The first-order valence-electron chi connectivity index (χ1n) is 3.30. The Hall–Kier alpha value is 0.370. The molecule has 16 heavy (non-hydrogen) atoms. The molecule has 0 aliphatic heterocycles. The van der Waals surface area contributed by atoms with E-state index >= 15 is 0 Å². The van der Waals surface area contributed by atoms with Gasteiger partial charge in [-0.05, 0) is 0 Å². The molecular formula is C6H4F9Na. The van der Waals surface area contributed by atoms with Crippen LogP contribution in [0.25, 0.3) is 0 Å². The molecule has 0 aromatic rings. The number of halogens is 9. The smallest absolute Gasteiger partial charge is 0.337 e. The molecule has 0 heterocycles. The molecule has 0 N–H and O–H groups in total. The van der Waals surface area contributed by atoms with E-state index in [4.69, 9.17) is 0 Å². The van der Waals surface area contributed by atoms with E-state index in [1.165, 1.54) is 0 Å². The Labute approximate surface area is 106 Å². The molecule has 0 saturated heterocycles. The van der Waals surface area contributed by atoms with Gasteiger partial charge in [0.1, 0.15) is 0 Å². The van der Waals surface area contributed by atoms with E-state index in [-0.39, 0.29) is 29.6 Å². The predicted molar refractivity (Wildman–Crippen MR) is 30.9 cm³/mol. The van der Waals surface area contributed by atoms with Crippen molar-refractivity contribution in [2.45, 2.75) is 30.4 Å². The molecule has 0 fully saturated rings. The van der Waals surface area contributed by atoms with E-state index in [9.17, 15) is 39.5 Å². The van der Waals surface area contributed by atoms with Crippen molar-refractivity contribution in [1.82, 2.24) is 0 Å². The molecule has 10 heteroatoms. The van der Waals surface area contributed by atoms with Crippen LogP contribution in [0.5, 0.6) is 0 Å². The summed E-state index contributed by atoms with van der Waals surface area (Å²) in [5, 5.41) is 0. The van der Waals surface area contributed by atoms with E-state index in [1.54, 1.807) is 0 Å². The molecular weight excluding hydrogens is 266 g/mol. The molecule has 0 aliphatic rings. The van der Waals surface area contributed by atoms with Crippen molar-refractivity contribution >= 4 is 0 Å². The molecule has 0 aromatic carbocycles. The molecule has 0 nitrogen and oxygen atoms in total. The summed E-state index contributed by atoms with van der Waals surface area (Å²) < 4.78 is 107. The van der Waals surface area contributed by atoms with Crippen LogP contribution in [-0.2, 0) is 0 Å². The van der Waals surface area contributed by atoms with Gasteiger partial charge in [0, 0.05) is 0 Å². The van der Waals surface area contributed by atoms with Gasteiger partial charge in [-0.1, -0.05) is 0 Å². The third-order valence-corrected chi connectivity index (χ3v) is 1.52. The van der Waals surface area contributed by atoms with E-state index in [0.717, 1.165) is 0 Å². The van der Waals surface area contributed by atoms with Crippen LogP contribution in [0.1, 0.15) is 6.42 Å². The van der Waals surface area contributed by atoms with Crippen LogP contribution >= 0.6 is 0 Å². The van der Waals surface area contributed by atoms with Crippen molar-refractivity contribution in [3.05, 3.63) is 6.92 Å². The second kappa shape index (κ2) is 4.93. The fourth-order valence-corrected chi connectivity index (χ4v) is 0.565. The Morgan fingerprint density at radius 3 is 1.19 bits per heavy atom. The first kappa shape index (κ1) is 18.7. The Balaban J connectivity index is 0. The normalized spacial score (nSPS) is 14.6. The molecule has 0 unspecified atom stereocenters. The van der Waals surface area contributed by atoms with Gasteiger partial charge < -0.3 is 6.92 Å².